The zero-order valence-corrected chi connectivity index (χ0v) is 15.9. The highest BCUT2D eigenvalue weighted by Crippen LogP contribution is 2.26. The van der Waals surface area contributed by atoms with Crippen LogP contribution in [0.4, 0.5) is 15.8 Å². The summed E-state index contributed by atoms with van der Waals surface area (Å²) in [4.78, 5) is 25.4. The van der Waals surface area contributed by atoms with Gasteiger partial charge >= 0.3 is 0 Å². The van der Waals surface area contributed by atoms with Crippen LogP contribution in [0.3, 0.4) is 0 Å². The maximum Gasteiger partial charge on any atom is 0.274 e. The number of carbonyl (C=O) groups excluding carboxylic acids is 1. The Bertz CT molecular complexity index is 903. The predicted octanol–water partition coefficient (Wildman–Crippen LogP) is 0.776. The maximum absolute atomic E-state index is 14.3. The zero-order valence-electron chi connectivity index (χ0n) is 15.1. The van der Waals surface area contributed by atoms with Crippen molar-refractivity contribution in [2.24, 2.45) is 7.05 Å². The number of aromatic nitrogens is 2. The molecule has 2 rings (SSSR count). The molecule has 0 radical (unpaired) electrons. The number of anilines is 2. The largest absolute Gasteiger partial charge is 0.394 e. The number of nitrogens with zero attached hydrogens (tertiary/aromatic N) is 2. The summed E-state index contributed by atoms with van der Waals surface area (Å²) in [6.45, 7) is 0.785. The number of aliphatic hydroxyl groups excluding tert-OH is 2. The van der Waals surface area contributed by atoms with Gasteiger partial charge in [-0.1, -0.05) is 0 Å². The molecule has 1 aromatic carbocycles. The first-order valence-electron chi connectivity index (χ1n) is 8.04. The molecule has 146 valence electrons. The monoisotopic (exact) mass is 396 g/mol. The summed E-state index contributed by atoms with van der Waals surface area (Å²) < 4.78 is 15.3. The van der Waals surface area contributed by atoms with Gasteiger partial charge in [-0.25, -0.2) is 9.07 Å². The van der Waals surface area contributed by atoms with Crippen LogP contribution in [-0.2, 0) is 7.05 Å². The first kappa shape index (κ1) is 20.9. The zero-order chi connectivity index (χ0) is 20.1. The van der Waals surface area contributed by atoms with E-state index in [1.165, 1.54) is 37.9 Å². The molecule has 0 aliphatic heterocycles. The number of amides is 1. The summed E-state index contributed by atoms with van der Waals surface area (Å²) in [5.41, 5.74) is -0.215. The van der Waals surface area contributed by atoms with Crippen molar-refractivity contribution in [1.29, 1.82) is 0 Å². The molecule has 0 fully saturated rings. The van der Waals surface area contributed by atoms with Crippen LogP contribution >= 0.6 is 11.8 Å². The van der Waals surface area contributed by atoms with Gasteiger partial charge in [0.15, 0.2) is 5.69 Å². The van der Waals surface area contributed by atoms with Gasteiger partial charge in [0.2, 0.25) is 0 Å². The van der Waals surface area contributed by atoms with Crippen molar-refractivity contribution in [1.82, 2.24) is 15.1 Å². The fourth-order valence-electron chi connectivity index (χ4n) is 2.30. The van der Waals surface area contributed by atoms with Crippen molar-refractivity contribution in [3.05, 3.63) is 45.6 Å². The van der Waals surface area contributed by atoms with Gasteiger partial charge in [0, 0.05) is 24.1 Å². The number of carbonyl (C=O) groups is 1. The number of aliphatic hydroxyl groups is 2. The summed E-state index contributed by atoms with van der Waals surface area (Å²) in [5, 5.41) is 27.4. The highest BCUT2D eigenvalue weighted by molar-refractivity contribution is 7.98. The lowest BCUT2D eigenvalue weighted by atomic mass is 10.2. The minimum absolute atomic E-state index is 0.0740. The molecule has 27 heavy (non-hydrogen) atoms. The Hall–Kier alpha value is -2.43. The summed E-state index contributed by atoms with van der Waals surface area (Å²) >= 11 is 1.38. The summed E-state index contributed by atoms with van der Waals surface area (Å²) in [7, 11) is 1.40. The van der Waals surface area contributed by atoms with Gasteiger partial charge in [-0.3, -0.25) is 9.59 Å². The van der Waals surface area contributed by atoms with Crippen LogP contribution in [0.25, 0.3) is 0 Å². The number of hydrogen-bond acceptors (Lipinski definition) is 7. The van der Waals surface area contributed by atoms with Crippen LogP contribution in [0.1, 0.15) is 16.1 Å². The second-order valence-electron chi connectivity index (χ2n) is 5.79. The van der Waals surface area contributed by atoms with Crippen LogP contribution in [-0.4, -0.2) is 51.4 Å². The van der Waals surface area contributed by atoms with Crippen LogP contribution in [0.2, 0.25) is 0 Å². The van der Waals surface area contributed by atoms with Crippen LogP contribution in [0.5, 0.6) is 0 Å². The molecule has 1 aromatic heterocycles. The first-order valence-corrected chi connectivity index (χ1v) is 9.26. The van der Waals surface area contributed by atoms with E-state index in [9.17, 15) is 19.1 Å². The summed E-state index contributed by atoms with van der Waals surface area (Å²) in [6, 6.07) is 4.56. The quantitative estimate of drug-likeness (QED) is 0.511. The molecule has 1 atom stereocenters. The number of benzene rings is 1. The molecule has 0 aliphatic carbocycles. The third-order valence-corrected chi connectivity index (χ3v) is 4.56. The number of nitrogens with one attached hydrogen (secondary N) is 2. The Morgan fingerprint density at radius 2 is 2.15 bits per heavy atom. The van der Waals surface area contributed by atoms with E-state index < -0.39 is 30.0 Å². The Kier molecular flexibility index (Phi) is 6.94. The van der Waals surface area contributed by atoms with Crippen molar-refractivity contribution in [3.63, 3.8) is 0 Å². The first-order chi connectivity index (χ1) is 12.8. The van der Waals surface area contributed by atoms with Crippen LogP contribution < -0.4 is 16.2 Å². The standard InChI is InChI=1S/C17H21FN4O4S/c1-9-14(20-13-5-4-11(27-3)6-12(13)18)15(21-22(2)17(9)26)16(25)19-7-10(24)8-23/h4-6,10,20,23-24H,7-8H2,1-3H3,(H,19,25)/t10-/m0/s1. The maximum atomic E-state index is 14.3. The molecule has 0 unspecified atom stereocenters. The molecular weight excluding hydrogens is 375 g/mol. The van der Waals surface area contributed by atoms with E-state index >= 15 is 0 Å². The molecule has 1 amide bonds. The van der Waals surface area contributed by atoms with Gasteiger partial charge < -0.3 is 20.8 Å². The van der Waals surface area contributed by atoms with Crippen molar-refractivity contribution in [2.75, 3.05) is 24.7 Å². The van der Waals surface area contributed by atoms with Gasteiger partial charge in [0.25, 0.3) is 11.5 Å². The number of hydrogen-bond donors (Lipinski definition) is 4. The molecular formula is C17H21FN4O4S. The molecule has 4 N–H and O–H groups in total. The third-order valence-electron chi connectivity index (χ3n) is 3.84. The summed E-state index contributed by atoms with van der Waals surface area (Å²) in [5.74, 6) is -1.21. The average Bonchev–Trinajstić information content (AvgIpc) is 2.66. The van der Waals surface area contributed by atoms with E-state index in [1.807, 2.05) is 6.26 Å². The molecule has 0 aliphatic rings. The minimum Gasteiger partial charge on any atom is -0.394 e. The highest BCUT2D eigenvalue weighted by atomic mass is 32.2. The summed E-state index contributed by atoms with van der Waals surface area (Å²) in [6.07, 6.45) is 0.690. The van der Waals surface area contributed by atoms with Gasteiger partial charge in [-0.05, 0) is 31.4 Å². The van der Waals surface area contributed by atoms with Crippen LogP contribution in [0.15, 0.2) is 27.9 Å². The Labute approximate surface area is 159 Å². The SMILES string of the molecule is CSc1ccc(Nc2c(C(=O)NC[C@H](O)CO)nn(C)c(=O)c2C)c(F)c1. The van der Waals surface area contributed by atoms with Gasteiger partial charge in [0.05, 0.1) is 24.1 Å². The second-order valence-corrected chi connectivity index (χ2v) is 6.67. The molecule has 0 saturated carbocycles. The average molecular weight is 396 g/mol. The Morgan fingerprint density at radius 1 is 1.44 bits per heavy atom. The lowest BCUT2D eigenvalue weighted by molar-refractivity contribution is 0.0798. The predicted molar refractivity (Wildman–Crippen MR) is 101 cm³/mol. The number of aryl methyl sites for hydroxylation is 1. The topological polar surface area (TPSA) is 116 Å². The highest BCUT2D eigenvalue weighted by Gasteiger charge is 2.21. The molecule has 8 nitrogen and oxygen atoms in total. The van der Waals surface area contributed by atoms with Crippen molar-refractivity contribution in [2.45, 2.75) is 17.9 Å². The van der Waals surface area contributed by atoms with Crippen molar-refractivity contribution >= 4 is 29.0 Å². The van der Waals surface area contributed by atoms with Gasteiger partial charge in [-0.15, -0.1) is 11.8 Å². The van der Waals surface area contributed by atoms with Gasteiger partial charge in [0.1, 0.15) is 5.82 Å². The third kappa shape index (κ3) is 4.85. The van der Waals surface area contributed by atoms with Gasteiger partial charge in [-0.2, -0.15) is 5.10 Å². The lowest BCUT2D eigenvalue weighted by Crippen LogP contribution is -2.36. The minimum atomic E-state index is -1.13. The van der Waals surface area contributed by atoms with Crippen molar-refractivity contribution in [3.8, 4) is 0 Å². The number of thioether (sulfide) groups is 1. The smallest absolute Gasteiger partial charge is 0.274 e. The number of halogens is 1. The van der Waals surface area contributed by atoms with E-state index in [2.05, 4.69) is 15.7 Å². The molecule has 0 saturated heterocycles. The second kappa shape index (κ2) is 8.98. The van der Waals surface area contributed by atoms with E-state index in [0.29, 0.717) is 0 Å². The fraction of sp³-hybridized carbons (Fsp3) is 0.353. The molecule has 10 heteroatoms. The van der Waals surface area contributed by atoms with E-state index in [-0.39, 0.29) is 29.2 Å². The van der Waals surface area contributed by atoms with E-state index in [0.717, 1.165) is 9.58 Å². The lowest BCUT2D eigenvalue weighted by Gasteiger charge is -2.16. The molecule has 2 aromatic rings. The number of rotatable bonds is 7. The molecule has 0 bridgehead atoms. The van der Waals surface area contributed by atoms with E-state index in [4.69, 9.17) is 5.11 Å². The van der Waals surface area contributed by atoms with Crippen molar-refractivity contribution < 1.29 is 19.4 Å². The molecule has 1 heterocycles. The molecule has 0 spiro atoms. The van der Waals surface area contributed by atoms with Crippen LogP contribution in [0, 0.1) is 12.7 Å². The normalized spacial score (nSPS) is 11.9. The fourth-order valence-corrected chi connectivity index (χ4v) is 2.73. The Balaban J connectivity index is 2.43. The Morgan fingerprint density at radius 3 is 2.74 bits per heavy atom. The van der Waals surface area contributed by atoms with E-state index in [1.54, 1.807) is 6.07 Å².